The lowest BCUT2D eigenvalue weighted by molar-refractivity contribution is -0.117. The summed E-state index contributed by atoms with van der Waals surface area (Å²) in [6, 6.07) is 7.15. The number of ether oxygens (including phenoxy) is 1. The highest BCUT2D eigenvalue weighted by Crippen LogP contribution is 2.28. The lowest BCUT2D eigenvalue weighted by Crippen LogP contribution is -2.30. The van der Waals surface area contributed by atoms with E-state index in [1.54, 1.807) is 30.3 Å². The van der Waals surface area contributed by atoms with E-state index in [0.29, 0.717) is 5.75 Å². The summed E-state index contributed by atoms with van der Waals surface area (Å²) in [6.45, 7) is 0. The minimum absolute atomic E-state index is 0.229. The lowest BCUT2D eigenvalue weighted by Gasteiger charge is -2.20. The third-order valence-corrected chi connectivity index (χ3v) is 4.01. The fourth-order valence-corrected chi connectivity index (χ4v) is 2.73. The number of nitrogens with zero attached hydrogens (tertiary/aromatic N) is 4. The second kappa shape index (κ2) is 7.69. The van der Waals surface area contributed by atoms with Gasteiger partial charge in [-0.3, -0.25) is 9.48 Å². The van der Waals surface area contributed by atoms with Gasteiger partial charge in [0.25, 0.3) is 0 Å². The molecule has 0 aliphatic heterocycles. The molecule has 134 valence electrons. The number of para-hydroxylation sites is 1. The van der Waals surface area contributed by atoms with Crippen LogP contribution in [0.1, 0.15) is 23.0 Å². The number of imidazole rings is 1. The first kappa shape index (κ1) is 17.5. The SMILES string of the molecule is COc1ccccc1C(NC(=O)/C=C/c1cnn(C)c1)c1nccn1C. The predicted octanol–water partition coefficient (Wildman–Crippen LogP) is 2.08. The minimum atomic E-state index is -0.433. The van der Waals surface area contributed by atoms with Crippen LogP contribution in [-0.4, -0.2) is 32.3 Å². The second-order valence-corrected chi connectivity index (χ2v) is 5.86. The van der Waals surface area contributed by atoms with Crippen molar-refractivity contribution in [1.82, 2.24) is 24.6 Å². The molecule has 2 aromatic heterocycles. The topological polar surface area (TPSA) is 74.0 Å². The number of hydrogen-bond acceptors (Lipinski definition) is 4. The Labute approximate surface area is 151 Å². The average Bonchev–Trinajstić information content (AvgIpc) is 3.26. The third-order valence-electron chi connectivity index (χ3n) is 4.01. The van der Waals surface area contributed by atoms with Gasteiger partial charge in [-0.2, -0.15) is 5.10 Å². The van der Waals surface area contributed by atoms with Crippen molar-refractivity contribution in [1.29, 1.82) is 0 Å². The van der Waals surface area contributed by atoms with Gasteiger partial charge in [0.2, 0.25) is 5.91 Å². The molecule has 1 N–H and O–H groups in total. The van der Waals surface area contributed by atoms with Crippen molar-refractivity contribution in [2.45, 2.75) is 6.04 Å². The molecule has 0 aliphatic carbocycles. The average molecular weight is 351 g/mol. The monoisotopic (exact) mass is 351 g/mol. The number of benzene rings is 1. The van der Waals surface area contributed by atoms with E-state index in [1.807, 2.05) is 55.3 Å². The van der Waals surface area contributed by atoms with Crippen LogP contribution in [0.3, 0.4) is 0 Å². The van der Waals surface area contributed by atoms with E-state index in [0.717, 1.165) is 17.0 Å². The lowest BCUT2D eigenvalue weighted by atomic mass is 10.0. The van der Waals surface area contributed by atoms with Gasteiger partial charge >= 0.3 is 0 Å². The van der Waals surface area contributed by atoms with Crippen LogP contribution in [0.15, 0.2) is 55.1 Å². The Morgan fingerprint density at radius 2 is 2.12 bits per heavy atom. The van der Waals surface area contributed by atoms with E-state index >= 15 is 0 Å². The maximum atomic E-state index is 12.5. The number of hydrogen-bond donors (Lipinski definition) is 1. The van der Waals surface area contributed by atoms with E-state index < -0.39 is 6.04 Å². The second-order valence-electron chi connectivity index (χ2n) is 5.86. The Bertz CT molecular complexity index is 925. The van der Waals surface area contributed by atoms with Crippen molar-refractivity contribution in [3.05, 3.63) is 72.1 Å². The molecule has 7 heteroatoms. The van der Waals surface area contributed by atoms with Crippen LogP contribution < -0.4 is 10.1 Å². The number of nitrogens with one attached hydrogen (secondary N) is 1. The first-order valence-corrected chi connectivity index (χ1v) is 8.16. The van der Waals surface area contributed by atoms with Crippen LogP contribution in [0, 0.1) is 0 Å². The molecule has 1 amide bonds. The van der Waals surface area contributed by atoms with Gasteiger partial charge in [-0.05, 0) is 12.1 Å². The van der Waals surface area contributed by atoms with Gasteiger partial charge < -0.3 is 14.6 Å². The first-order valence-electron chi connectivity index (χ1n) is 8.16. The highest BCUT2D eigenvalue weighted by Gasteiger charge is 2.23. The van der Waals surface area contributed by atoms with Gasteiger partial charge in [0.05, 0.1) is 13.3 Å². The Morgan fingerprint density at radius 3 is 2.77 bits per heavy atom. The van der Waals surface area contributed by atoms with Crippen LogP contribution in [0.5, 0.6) is 5.75 Å². The minimum Gasteiger partial charge on any atom is -0.496 e. The van der Waals surface area contributed by atoms with Crippen LogP contribution in [0.4, 0.5) is 0 Å². The van der Waals surface area contributed by atoms with E-state index in [-0.39, 0.29) is 5.91 Å². The van der Waals surface area contributed by atoms with Gasteiger partial charge in [-0.15, -0.1) is 0 Å². The summed E-state index contributed by atoms with van der Waals surface area (Å²) in [7, 11) is 5.33. The zero-order valence-electron chi connectivity index (χ0n) is 15.0. The van der Waals surface area contributed by atoms with Crippen LogP contribution in [0.2, 0.25) is 0 Å². The fourth-order valence-electron chi connectivity index (χ4n) is 2.73. The Balaban J connectivity index is 1.88. The fraction of sp³-hybridized carbons (Fsp3) is 0.211. The number of carbonyl (C=O) groups is 1. The summed E-state index contributed by atoms with van der Waals surface area (Å²) >= 11 is 0. The van der Waals surface area contributed by atoms with Crippen LogP contribution in [0.25, 0.3) is 6.08 Å². The zero-order chi connectivity index (χ0) is 18.5. The van der Waals surface area contributed by atoms with Gasteiger partial charge in [0.15, 0.2) is 0 Å². The van der Waals surface area contributed by atoms with Crippen molar-refractivity contribution in [3.8, 4) is 5.75 Å². The molecule has 0 aliphatic rings. The summed E-state index contributed by atoms with van der Waals surface area (Å²) in [6.07, 6.45) is 10.3. The third kappa shape index (κ3) is 3.83. The van der Waals surface area contributed by atoms with E-state index in [9.17, 15) is 4.79 Å². The van der Waals surface area contributed by atoms with Crippen molar-refractivity contribution in [2.24, 2.45) is 14.1 Å². The molecule has 7 nitrogen and oxygen atoms in total. The molecule has 26 heavy (non-hydrogen) atoms. The quantitative estimate of drug-likeness (QED) is 0.690. The van der Waals surface area contributed by atoms with Crippen LogP contribution >= 0.6 is 0 Å². The molecule has 2 heterocycles. The number of aryl methyl sites for hydroxylation is 2. The molecule has 0 saturated heterocycles. The largest absolute Gasteiger partial charge is 0.496 e. The zero-order valence-corrected chi connectivity index (χ0v) is 15.0. The number of rotatable bonds is 6. The van der Waals surface area contributed by atoms with E-state index in [1.165, 1.54) is 6.08 Å². The van der Waals surface area contributed by atoms with Gasteiger partial charge in [-0.1, -0.05) is 18.2 Å². The van der Waals surface area contributed by atoms with E-state index in [4.69, 9.17) is 4.74 Å². The van der Waals surface area contributed by atoms with Gasteiger partial charge in [-0.25, -0.2) is 4.98 Å². The molecule has 3 rings (SSSR count). The molecule has 1 atom stereocenters. The first-order chi connectivity index (χ1) is 12.6. The standard InChI is InChI=1S/C19H21N5O2/c1-23-11-10-20-19(23)18(15-6-4-5-7-16(15)26-3)22-17(25)9-8-14-12-21-24(2)13-14/h4-13,18H,1-3H3,(H,22,25)/b9-8+. The summed E-state index contributed by atoms with van der Waals surface area (Å²) in [4.78, 5) is 16.9. The van der Waals surface area contributed by atoms with Gasteiger partial charge in [0, 0.05) is 49.9 Å². The molecule has 0 fully saturated rings. The van der Waals surface area contributed by atoms with Crippen molar-refractivity contribution >= 4 is 12.0 Å². The maximum Gasteiger partial charge on any atom is 0.244 e. The molecule has 0 spiro atoms. The predicted molar refractivity (Wildman–Crippen MR) is 98.4 cm³/mol. The normalized spacial score (nSPS) is 12.3. The van der Waals surface area contributed by atoms with E-state index in [2.05, 4.69) is 15.4 Å². The number of aromatic nitrogens is 4. The molecule has 0 saturated carbocycles. The molecule has 3 aromatic rings. The highest BCUT2D eigenvalue weighted by atomic mass is 16.5. The Hall–Kier alpha value is -3.35. The molecular formula is C19H21N5O2. The molecule has 1 unspecified atom stereocenters. The maximum absolute atomic E-state index is 12.5. The Kier molecular flexibility index (Phi) is 5.17. The molecule has 0 bridgehead atoms. The molecule has 0 radical (unpaired) electrons. The number of carbonyl (C=O) groups excluding carboxylic acids is 1. The van der Waals surface area contributed by atoms with Crippen molar-refractivity contribution in [3.63, 3.8) is 0 Å². The summed E-state index contributed by atoms with van der Waals surface area (Å²) in [5.41, 5.74) is 1.70. The summed E-state index contributed by atoms with van der Waals surface area (Å²) in [5, 5.41) is 7.09. The summed E-state index contributed by atoms with van der Waals surface area (Å²) < 4.78 is 9.02. The van der Waals surface area contributed by atoms with Crippen LogP contribution in [-0.2, 0) is 18.9 Å². The summed E-state index contributed by atoms with van der Waals surface area (Å²) in [5.74, 6) is 1.18. The highest BCUT2D eigenvalue weighted by molar-refractivity contribution is 5.92. The van der Waals surface area contributed by atoms with Crippen molar-refractivity contribution < 1.29 is 9.53 Å². The molecular weight excluding hydrogens is 330 g/mol. The molecule has 1 aromatic carbocycles. The Morgan fingerprint density at radius 1 is 1.31 bits per heavy atom. The van der Waals surface area contributed by atoms with Crippen molar-refractivity contribution in [2.75, 3.05) is 7.11 Å². The number of methoxy groups -OCH3 is 1. The van der Waals surface area contributed by atoms with Gasteiger partial charge in [0.1, 0.15) is 17.6 Å². The smallest absolute Gasteiger partial charge is 0.244 e. The number of amides is 1.